The summed E-state index contributed by atoms with van der Waals surface area (Å²) in [5.74, 6) is -2.50. The number of carbonyl (C=O) groups is 2. The summed E-state index contributed by atoms with van der Waals surface area (Å²) in [5, 5.41) is 0. The van der Waals surface area contributed by atoms with Gasteiger partial charge in [0.2, 0.25) is 5.43 Å². The lowest BCUT2D eigenvalue weighted by molar-refractivity contribution is -0.0657. The van der Waals surface area contributed by atoms with Crippen molar-refractivity contribution >= 4 is 11.8 Å². The molecule has 5 rings (SSSR count). The molecular weight excluding hydrogens is 530 g/mol. The molecule has 2 aliphatic rings. The Balaban J connectivity index is 1.55. The van der Waals surface area contributed by atoms with Crippen molar-refractivity contribution in [3.8, 4) is 5.75 Å². The summed E-state index contributed by atoms with van der Waals surface area (Å²) in [5.41, 5.74) is 5.85. The summed E-state index contributed by atoms with van der Waals surface area (Å²) in [6.07, 6.45) is 1.80. The van der Waals surface area contributed by atoms with E-state index in [4.69, 9.17) is 10.5 Å². The van der Waals surface area contributed by atoms with Crippen LogP contribution in [0.2, 0.25) is 0 Å². The smallest absolute Gasteiger partial charge is 0.276 e. The molecular formula is C31H34F2N4O4. The van der Waals surface area contributed by atoms with Crippen LogP contribution in [-0.4, -0.2) is 51.0 Å². The number of nitrogens with zero attached hydrogens (tertiary/aromatic N) is 3. The summed E-state index contributed by atoms with van der Waals surface area (Å²) in [7, 11) is 0. The Labute approximate surface area is 237 Å². The number of fused-ring (bicyclic) bond motifs is 2. The number of benzene rings is 2. The highest BCUT2D eigenvalue weighted by Crippen LogP contribution is 2.35. The molecule has 0 bridgehead atoms. The predicted octanol–water partition coefficient (Wildman–Crippen LogP) is 3.95. The molecule has 8 nitrogen and oxygen atoms in total. The first-order chi connectivity index (χ1) is 19.5. The van der Waals surface area contributed by atoms with Crippen molar-refractivity contribution < 1.29 is 23.1 Å². The zero-order chi connectivity index (χ0) is 29.4. The average Bonchev–Trinajstić information content (AvgIpc) is 2.91. The van der Waals surface area contributed by atoms with Crippen LogP contribution in [0.5, 0.6) is 5.75 Å². The van der Waals surface area contributed by atoms with E-state index in [9.17, 15) is 23.2 Å². The minimum absolute atomic E-state index is 0.0301. The molecule has 3 aromatic rings. The first kappa shape index (κ1) is 28.5. The topological polar surface area (TPSA) is 97.9 Å². The minimum atomic E-state index is -0.912. The number of halogens is 2. The van der Waals surface area contributed by atoms with Crippen molar-refractivity contribution in [2.75, 3.05) is 6.54 Å². The Hall–Kier alpha value is -4.05. The van der Waals surface area contributed by atoms with Crippen LogP contribution in [-0.2, 0) is 19.6 Å². The highest BCUT2D eigenvalue weighted by Gasteiger charge is 2.47. The quantitative estimate of drug-likeness (QED) is 0.447. The summed E-state index contributed by atoms with van der Waals surface area (Å²) in [4.78, 5) is 43.7. The normalized spacial score (nSPS) is 20.6. The standard InChI is InChI=1S/C31H34F2N4O4/c1-18(2)14-36-23(12-21-9-10-22(32)13-25(21)33)11-19(3)37-26(36)16-35-15-24(30(34)39)28(38)29(27(35)31(37)40)41-17-20-7-5-4-6-8-20/h4-10,13,15,18-19,23,26H,11-12,14,16-17H2,1-3H3,(H2,34,39)/t19-,23?,26-/m0/s1. The fraction of sp³-hybridized carbons (Fsp3) is 0.387. The lowest BCUT2D eigenvalue weighted by Gasteiger charge is -2.54. The van der Waals surface area contributed by atoms with E-state index in [2.05, 4.69) is 18.7 Å². The molecule has 0 aliphatic carbocycles. The van der Waals surface area contributed by atoms with Crippen molar-refractivity contribution in [1.29, 1.82) is 0 Å². The van der Waals surface area contributed by atoms with E-state index < -0.39 is 29.1 Å². The molecule has 0 radical (unpaired) electrons. The van der Waals surface area contributed by atoms with Gasteiger partial charge in [-0.1, -0.05) is 50.2 Å². The lowest BCUT2D eigenvalue weighted by Crippen LogP contribution is -2.67. The van der Waals surface area contributed by atoms with Crippen LogP contribution >= 0.6 is 0 Å². The zero-order valence-electron chi connectivity index (χ0n) is 23.3. The Morgan fingerprint density at radius 1 is 1.12 bits per heavy atom. The monoisotopic (exact) mass is 564 g/mol. The molecule has 216 valence electrons. The van der Waals surface area contributed by atoms with E-state index in [0.29, 0.717) is 24.9 Å². The summed E-state index contributed by atoms with van der Waals surface area (Å²) in [6, 6.07) is 12.4. The van der Waals surface area contributed by atoms with E-state index in [1.165, 1.54) is 18.3 Å². The van der Waals surface area contributed by atoms with E-state index in [0.717, 1.165) is 11.6 Å². The van der Waals surface area contributed by atoms with E-state index in [1.54, 1.807) is 9.47 Å². The number of rotatable bonds is 8. The number of nitrogens with two attached hydrogens (primary N) is 1. The number of hydrogen-bond acceptors (Lipinski definition) is 5. The molecule has 1 aromatic heterocycles. The molecule has 2 aliphatic heterocycles. The van der Waals surface area contributed by atoms with Gasteiger partial charge in [-0.2, -0.15) is 0 Å². The Morgan fingerprint density at radius 3 is 2.51 bits per heavy atom. The Morgan fingerprint density at radius 2 is 1.85 bits per heavy atom. The van der Waals surface area contributed by atoms with E-state index in [-0.39, 0.29) is 54.1 Å². The number of carbonyl (C=O) groups excluding carboxylic acids is 2. The predicted molar refractivity (Wildman–Crippen MR) is 149 cm³/mol. The van der Waals surface area contributed by atoms with E-state index >= 15 is 0 Å². The van der Waals surface area contributed by atoms with Gasteiger partial charge in [0.25, 0.3) is 11.8 Å². The number of primary amides is 1. The second-order valence-electron chi connectivity index (χ2n) is 11.3. The van der Waals surface area contributed by atoms with Gasteiger partial charge in [0.15, 0.2) is 11.4 Å². The van der Waals surface area contributed by atoms with Gasteiger partial charge in [-0.15, -0.1) is 0 Å². The van der Waals surface area contributed by atoms with Crippen molar-refractivity contribution in [3.63, 3.8) is 0 Å². The van der Waals surface area contributed by atoms with Crippen LogP contribution in [0.3, 0.4) is 0 Å². The number of aromatic nitrogens is 1. The average molecular weight is 565 g/mol. The maximum absolute atomic E-state index is 14.7. The maximum Gasteiger partial charge on any atom is 0.276 e. The third kappa shape index (κ3) is 5.61. The molecule has 10 heteroatoms. The third-order valence-electron chi connectivity index (χ3n) is 7.83. The molecule has 0 saturated carbocycles. The summed E-state index contributed by atoms with van der Waals surface area (Å²) >= 11 is 0. The van der Waals surface area contributed by atoms with Crippen molar-refractivity contribution in [1.82, 2.24) is 14.4 Å². The second kappa shape index (κ2) is 11.4. The fourth-order valence-corrected chi connectivity index (χ4v) is 6.04. The van der Waals surface area contributed by atoms with Gasteiger partial charge in [0.05, 0.1) is 6.54 Å². The number of ether oxygens (including phenoxy) is 1. The van der Waals surface area contributed by atoms with Gasteiger partial charge in [-0.25, -0.2) is 8.78 Å². The molecule has 1 unspecified atom stereocenters. The van der Waals surface area contributed by atoms with Gasteiger partial charge in [0, 0.05) is 30.9 Å². The van der Waals surface area contributed by atoms with Gasteiger partial charge in [-0.05, 0) is 42.9 Å². The molecule has 0 spiro atoms. The Kier molecular flexibility index (Phi) is 7.95. The van der Waals surface area contributed by atoms with Crippen molar-refractivity contribution in [2.45, 2.75) is 65.0 Å². The number of amides is 2. The van der Waals surface area contributed by atoms with Crippen LogP contribution < -0.4 is 15.9 Å². The second-order valence-corrected chi connectivity index (χ2v) is 11.3. The maximum atomic E-state index is 14.7. The van der Waals surface area contributed by atoms with Crippen molar-refractivity contribution in [3.05, 3.63) is 99.0 Å². The fourth-order valence-electron chi connectivity index (χ4n) is 6.04. The lowest BCUT2D eigenvalue weighted by atomic mass is 9.91. The summed E-state index contributed by atoms with van der Waals surface area (Å²) in [6.45, 7) is 6.96. The molecule has 1 fully saturated rings. The van der Waals surface area contributed by atoms with Gasteiger partial charge >= 0.3 is 0 Å². The van der Waals surface area contributed by atoms with Gasteiger partial charge in [-0.3, -0.25) is 19.3 Å². The third-order valence-corrected chi connectivity index (χ3v) is 7.83. The van der Waals surface area contributed by atoms with Gasteiger partial charge in [0.1, 0.15) is 30.0 Å². The molecule has 41 heavy (non-hydrogen) atoms. The van der Waals surface area contributed by atoms with Crippen LogP contribution in [0.4, 0.5) is 8.78 Å². The molecule has 3 heterocycles. The molecule has 3 atom stereocenters. The first-order valence-electron chi connectivity index (χ1n) is 13.8. The van der Waals surface area contributed by atoms with Gasteiger partial charge < -0.3 is 19.9 Å². The SMILES string of the molecule is CC(C)CN1C(Cc2ccc(F)cc2F)C[C@H](C)N2C(=O)c3c(OCc4ccccc4)c(=O)c(C(N)=O)cn3C[C@@H]12. The van der Waals surface area contributed by atoms with Crippen LogP contribution in [0, 0.1) is 17.6 Å². The number of hydrogen-bond donors (Lipinski definition) is 1. The minimum Gasteiger partial charge on any atom is -0.483 e. The van der Waals surface area contributed by atoms with Crippen molar-refractivity contribution in [2.24, 2.45) is 11.7 Å². The number of pyridine rings is 1. The summed E-state index contributed by atoms with van der Waals surface area (Å²) < 4.78 is 35.8. The molecule has 2 N–H and O–H groups in total. The highest BCUT2D eigenvalue weighted by atomic mass is 19.1. The van der Waals surface area contributed by atoms with E-state index in [1.807, 2.05) is 37.3 Å². The van der Waals surface area contributed by atoms with Crippen LogP contribution in [0.15, 0.2) is 59.5 Å². The molecule has 2 aromatic carbocycles. The molecule has 1 saturated heterocycles. The molecule has 2 amide bonds. The van der Waals surface area contributed by atoms with Crippen LogP contribution in [0.1, 0.15) is 59.2 Å². The zero-order valence-corrected chi connectivity index (χ0v) is 23.3. The Bertz CT molecular complexity index is 1520. The largest absolute Gasteiger partial charge is 0.483 e. The van der Waals surface area contributed by atoms with Crippen LogP contribution in [0.25, 0.3) is 0 Å². The highest BCUT2D eigenvalue weighted by molar-refractivity contribution is 5.99. The first-order valence-corrected chi connectivity index (χ1v) is 13.8.